The van der Waals surface area contributed by atoms with Gasteiger partial charge in [-0.25, -0.2) is 0 Å². The van der Waals surface area contributed by atoms with Crippen LogP contribution in [0.5, 0.6) is 0 Å². The van der Waals surface area contributed by atoms with E-state index in [1.165, 1.54) is 0 Å². The number of carboxylic acids is 2. The third-order valence-corrected chi connectivity index (χ3v) is 6.57. The summed E-state index contributed by atoms with van der Waals surface area (Å²) in [6.45, 7) is 6.77. The van der Waals surface area contributed by atoms with E-state index in [0.29, 0.717) is 0 Å². The molecule has 0 spiro atoms. The average molecular weight is 516 g/mol. The van der Waals surface area contributed by atoms with Gasteiger partial charge in [0.25, 0.3) is 0 Å². The number of hydrogen-bond acceptors (Lipinski definition) is 11. The van der Waals surface area contributed by atoms with Gasteiger partial charge in [-0.3, -0.25) is 19.2 Å². The maximum atomic E-state index is 12.6. The average Bonchev–Trinajstić information content (AvgIpc) is 3.24. The number of fused-ring (bicyclic) bond motifs is 3. The van der Waals surface area contributed by atoms with Crippen molar-refractivity contribution in [2.75, 3.05) is 13.2 Å². The standard InChI is InChI=1S/C23H32O13/c1-22(2)33-18-14(32-21-20(19(18)34-22)35-23(3,4)36-21)9-31-17-5-10(12(24)6-15(26)27)11(8-30-17)13(25)7-16(28)29/h10-11,14,17-21H,5-9H2,1-4H3,(H,26,27)(H,28,29)/t10?,11?,14-,17?,18+,19+,20-,21-/m1/s1. The van der Waals surface area contributed by atoms with Gasteiger partial charge in [0.05, 0.1) is 19.1 Å². The summed E-state index contributed by atoms with van der Waals surface area (Å²) in [5, 5.41) is 18.0. The van der Waals surface area contributed by atoms with Crippen LogP contribution < -0.4 is 0 Å². The lowest BCUT2D eigenvalue weighted by molar-refractivity contribution is -0.262. The van der Waals surface area contributed by atoms with Crippen molar-refractivity contribution in [1.82, 2.24) is 0 Å². The highest BCUT2D eigenvalue weighted by Gasteiger charge is 2.60. The molecule has 4 fully saturated rings. The minimum Gasteiger partial charge on any atom is -0.481 e. The maximum Gasteiger partial charge on any atom is 0.310 e. The summed E-state index contributed by atoms with van der Waals surface area (Å²) in [5.74, 6) is -7.96. The van der Waals surface area contributed by atoms with Gasteiger partial charge in [0.2, 0.25) is 0 Å². The zero-order chi connectivity index (χ0) is 26.4. The topological polar surface area (TPSA) is 173 Å². The third-order valence-electron chi connectivity index (χ3n) is 6.57. The molecule has 4 saturated heterocycles. The number of ether oxygens (including phenoxy) is 7. The molecule has 4 aliphatic heterocycles. The van der Waals surface area contributed by atoms with Gasteiger partial charge >= 0.3 is 11.9 Å². The van der Waals surface area contributed by atoms with Crippen LogP contribution in [0.2, 0.25) is 0 Å². The lowest BCUT2D eigenvalue weighted by Crippen LogP contribution is -2.56. The van der Waals surface area contributed by atoms with Gasteiger partial charge in [-0.2, -0.15) is 0 Å². The molecule has 3 unspecified atom stereocenters. The normalized spacial score (nSPS) is 38.7. The van der Waals surface area contributed by atoms with E-state index in [-0.39, 0.29) is 19.6 Å². The van der Waals surface area contributed by atoms with Gasteiger partial charge in [0.15, 0.2) is 24.2 Å². The number of hydrogen-bond donors (Lipinski definition) is 2. The predicted octanol–water partition coefficient (Wildman–Crippen LogP) is 0.466. The van der Waals surface area contributed by atoms with E-state index in [1.807, 2.05) is 0 Å². The highest BCUT2D eigenvalue weighted by molar-refractivity contribution is 6.01. The Morgan fingerprint density at radius 2 is 1.36 bits per heavy atom. The van der Waals surface area contributed by atoms with Gasteiger partial charge in [0.1, 0.15) is 48.8 Å². The van der Waals surface area contributed by atoms with E-state index in [2.05, 4.69) is 0 Å². The molecule has 0 aromatic heterocycles. The Labute approximate surface area is 207 Å². The Kier molecular flexibility index (Phi) is 7.55. The number of carboxylic acid groups (broad SMARTS) is 2. The Morgan fingerprint density at radius 1 is 0.806 bits per heavy atom. The first kappa shape index (κ1) is 27.0. The number of ketones is 2. The molecular weight excluding hydrogens is 484 g/mol. The number of Topliss-reactive ketones (excluding diaryl/α,β-unsaturated/α-hetero) is 2. The molecule has 202 valence electrons. The molecule has 4 aliphatic rings. The van der Waals surface area contributed by atoms with Crippen molar-refractivity contribution >= 4 is 23.5 Å². The van der Waals surface area contributed by atoms with Gasteiger partial charge in [-0.1, -0.05) is 0 Å². The van der Waals surface area contributed by atoms with Gasteiger partial charge < -0.3 is 43.4 Å². The van der Waals surface area contributed by atoms with E-state index in [4.69, 9.17) is 43.4 Å². The van der Waals surface area contributed by atoms with E-state index in [1.54, 1.807) is 27.7 Å². The van der Waals surface area contributed by atoms with Crippen LogP contribution >= 0.6 is 0 Å². The summed E-state index contributed by atoms with van der Waals surface area (Å²) in [7, 11) is 0. The van der Waals surface area contributed by atoms with Crippen LogP contribution in [-0.4, -0.2) is 95.5 Å². The highest BCUT2D eigenvalue weighted by atomic mass is 16.9. The third kappa shape index (κ3) is 5.93. The SMILES string of the molecule is CC1(C)O[C@H]2[C@@H](O1)[C@@H](COC1CC(C(=O)CC(=O)O)C(C(=O)CC(=O)O)CO1)O[C@@H]1OC(C)(C)O[C@@H]12. The molecule has 0 radical (unpaired) electrons. The maximum absolute atomic E-state index is 12.6. The van der Waals surface area contributed by atoms with E-state index >= 15 is 0 Å². The Bertz CT molecular complexity index is 898. The molecule has 0 aromatic rings. The molecule has 0 aliphatic carbocycles. The first-order chi connectivity index (χ1) is 16.7. The minimum absolute atomic E-state index is 0.0359. The first-order valence-electron chi connectivity index (χ1n) is 11.8. The number of carbonyl (C=O) groups excluding carboxylic acids is 2. The van der Waals surface area contributed by atoms with Crippen LogP contribution in [0.25, 0.3) is 0 Å². The minimum atomic E-state index is -1.34. The molecule has 0 saturated carbocycles. The van der Waals surface area contributed by atoms with Crippen molar-refractivity contribution in [3.63, 3.8) is 0 Å². The van der Waals surface area contributed by atoms with Crippen molar-refractivity contribution in [2.24, 2.45) is 11.8 Å². The quantitative estimate of drug-likeness (QED) is 0.405. The van der Waals surface area contributed by atoms with Crippen molar-refractivity contribution in [3.8, 4) is 0 Å². The molecule has 2 N–H and O–H groups in total. The van der Waals surface area contributed by atoms with Crippen LogP contribution in [0.1, 0.15) is 47.0 Å². The molecule has 13 heteroatoms. The molecule has 13 nitrogen and oxygen atoms in total. The Hall–Kier alpha value is -2.00. The second kappa shape index (κ2) is 10.0. The monoisotopic (exact) mass is 516 g/mol. The summed E-state index contributed by atoms with van der Waals surface area (Å²) >= 11 is 0. The zero-order valence-electron chi connectivity index (χ0n) is 20.5. The summed E-state index contributed by atoms with van der Waals surface area (Å²) in [6.07, 6.45) is -5.53. The lowest BCUT2D eigenvalue weighted by Gasteiger charge is -2.39. The number of rotatable bonds is 9. The fraction of sp³-hybridized carbons (Fsp3) is 0.826. The summed E-state index contributed by atoms with van der Waals surface area (Å²) in [5.41, 5.74) is 0. The summed E-state index contributed by atoms with van der Waals surface area (Å²) in [4.78, 5) is 47.0. The van der Waals surface area contributed by atoms with Crippen molar-refractivity contribution in [3.05, 3.63) is 0 Å². The molecule has 0 bridgehead atoms. The molecule has 36 heavy (non-hydrogen) atoms. The molecule has 0 aromatic carbocycles. The van der Waals surface area contributed by atoms with E-state index < -0.39 is 96.8 Å². The summed E-state index contributed by atoms with van der Waals surface area (Å²) in [6, 6.07) is 0. The fourth-order valence-electron chi connectivity index (χ4n) is 5.15. The van der Waals surface area contributed by atoms with Gasteiger partial charge in [-0.15, -0.1) is 0 Å². The van der Waals surface area contributed by atoms with Gasteiger partial charge in [-0.05, 0) is 27.7 Å². The Morgan fingerprint density at radius 3 is 2.00 bits per heavy atom. The van der Waals surface area contributed by atoms with Gasteiger partial charge in [0, 0.05) is 12.3 Å². The fourth-order valence-corrected chi connectivity index (χ4v) is 5.15. The number of carbonyl (C=O) groups is 4. The van der Waals surface area contributed by atoms with E-state index in [9.17, 15) is 19.2 Å². The highest BCUT2D eigenvalue weighted by Crippen LogP contribution is 2.44. The van der Waals surface area contributed by atoms with E-state index in [0.717, 1.165) is 0 Å². The van der Waals surface area contributed by atoms with Crippen LogP contribution in [0.3, 0.4) is 0 Å². The zero-order valence-corrected chi connectivity index (χ0v) is 20.5. The molecule has 0 amide bonds. The number of aliphatic carboxylic acids is 2. The predicted molar refractivity (Wildman–Crippen MR) is 114 cm³/mol. The smallest absolute Gasteiger partial charge is 0.310 e. The van der Waals surface area contributed by atoms with Crippen LogP contribution in [-0.2, 0) is 52.3 Å². The first-order valence-corrected chi connectivity index (χ1v) is 11.8. The Balaban J connectivity index is 1.43. The summed E-state index contributed by atoms with van der Waals surface area (Å²) < 4.78 is 41.5. The van der Waals surface area contributed by atoms with Crippen molar-refractivity contribution < 1.29 is 62.5 Å². The van der Waals surface area contributed by atoms with Crippen LogP contribution in [0.15, 0.2) is 0 Å². The van der Waals surface area contributed by atoms with Crippen molar-refractivity contribution in [1.29, 1.82) is 0 Å². The van der Waals surface area contributed by atoms with Crippen molar-refractivity contribution in [2.45, 2.75) is 95.5 Å². The van der Waals surface area contributed by atoms with Crippen LogP contribution in [0, 0.1) is 11.8 Å². The largest absolute Gasteiger partial charge is 0.481 e. The van der Waals surface area contributed by atoms with Crippen LogP contribution in [0.4, 0.5) is 0 Å². The second-order valence-electron chi connectivity index (χ2n) is 10.3. The molecule has 4 heterocycles. The molecule has 4 rings (SSSR count). The molecular formula is C23H32O13. The molecule has 8 atom stereocenters. The second-order valence-corrected chi connectivity index (χ2v) is 10.3. The lowest BCUT2D eigenvalue weighted by atomic mass is 9.80.